The van der Waals surface area contributed by atoms with E-state index in [1.54, 1.807) is 25.2 Å². The fourth-order valence-corrected chi connectivity index (χ4v) is 2.75. The van der Waals surface area contributed by atoms with Crippen LogP contribution >= 0.6 is 0 Å². The highest BCUT2D eigenvalue weighted by Crippen LogP contribution is 2.29. The van der Waals surface area contributed by atoms with Gasteiger partial charge < -0.3 is 18.9 Å². The molecule has 0 aliphatic heterocycles. The number of nitrogens with zero attached hydrogens (tertiary/aromatic N) is 3. The largest absolute Gasteiger partial charge is 0.496 e. The molecule has 0 unspecified atom stereocenters. The van der Waals surface area contributed by atoms with Crippen molar-refractivity contribution in [3.8, 4) is 22.9 Å². The van der Waals surface area contributed by atoms with Gasteiger partial charge in [0.1, 0.15) is 23.6 Å². The number of rotatable bonds is 6. The van der Waals surface area contributed by atoms with Gasteiger partial charge in [-0.25, -0.2) is 0 Å². The quantitative estimate of drug-likeness (QED) is 0.665. The second-order valence-corrected chi connectivity index (χ2v) is 6.08. The van der Waals surface area contributed by atoms with Crippen LogP contribution in [-0.4, -0.2) is 42.2 Å². The highest BCUT2D eigenvalue weighted by molar-refractivity contribution is 5.99. The van der Waals surface area contributed by atoms with Crippen molar-refractivity contribution >= 4 is 5.91 Å². The maximum atomic E-state index is 12.9. The van der Waals surface area contributed by atoms with E-state index in [-0.39, 0.29) is 12.5 Å². The van der Waals surface area contributed by atoms with E-state index in [0.717, 1.165) is 11.1 Å². The van der Waals surface area contributed by atoms with E-state index in [1.165, 1.54) is 19.1 Å². The van der Waals surface area contributed by atoms with Crippen LogP contribution < -0.4 is 9.47 Å². The van der Waals surface area contributed by atoms with Crippen molar-refractivity contribution in [1.29, 1.82) is 0 Å². The van der Waals surface area contributed by atoms with Crippen LogP contribution in [0, 0.1) is 6.92 Å². The third-order valence-electron chi connectivity index (χ3n) is 4.11. The van der Waals surface area contributed by atoms with Gasteiger partial charge in [0.05, 0.1) is 14.2 Å². The summed E-state index contributed by atoms with van der Waals surface area (Å²) in [6.07, 6.45) is 0. The average Bonchev–Trinajstić information content (AvgIpc) is 3.15. The van der Waals surface area contributed by atoms with Gasteiger partial charge in [-0.05, 0) is 25.1 Å². The molecule has 7 heteroatoms. The third-order valence-corrected chi connectivity index (χ3v) is 4.11. The van der Waals surface area contributed by atoms with Crippen molar-refractivity contribution in [1.82, 2.24) is 15.0 Å². The van der Waals surface area contributed by atoms with Gasteiger partial charge in [0.15, 0.2) is 0 Å². The summed E-state index contributed by atoms with van der Waals surface area (Å²) >= 11 is 0. The van der Waals surface area contributed by atoms with Crippen molar-refractivity contribution in [3.05, 3.63) is 59.5 Å². The predicted molar refractivity (Wildman–Crippen MR) is 99.8 cm³/mol. The third kappa shape index (κ3) is 3.92. The first-order valence-electron chi connectivity index (χ1n) is 8.39. The van der Waals surface area contributed by atoms with Crippen molar-refractivity contribution in [3.63, 3.8) is 0 Å². The first-order chi connectivity index (χ1) is 13.0. The number of benzene rings is 2. The lowest BCUT2D eigenvalue weighted by atomic mass is 10.1. The lowest BCUT2D eigenvalue weighted by Crippen LogP contribution is -2.27. The Morgan fingerprint density at radius 3 is 2.41 bits per heavy atom. The molecule has 0 aliphatic carbocycles. The Hall–Kier alpha value is -3.35. The highest BCUT2D eigenvalue weighted by atomic mass is 16.5. The normalized spacial score (nSPS) is 10.5. The number of ether oxygens (including phenoxy) is 2. The molecular weight excluding hydrogens is 346 g/mol. The second kappa shape index (κ2) is 7.90. The fraction of sp³-hybridized carbons (Fsp3) is 0.250. The molecule has 1 amide bonds. The van der Waals surface area contributed by atoms with Gasteiger partial charge in [-0.3, -0.25) is 4.79 Å². The summed E-state index contributed by atoms with van der Waals surface area (Å²) < 4.78 is 15.9. The van der Waals surface area contributed by atoms with Crippen LogP contribution in [0.4, 0.5) is 0 Å². The van der Waals surface area contributed by atoms with Gasteiger partial charge in [-0.1, -0.05) is 35.0 Å². The minimum atomic E-state index is -0.264. The van der Waals surface area contributed by atoms with Crippen molar-refractivity contribution in [2.75, 3.05) is 21.3 Å². The van der Waals surface area contributed by atoms with Crippen molar-refractivity contribution < 1.29 is 18.8 Å². The molecule has 3 rings (SSSR count). The van der Waals surface area contributed by atoms with E-state index < -0.39 is 0 Å². The summed E-state index contributed by atoms with van der Waals surface area (Å²) in [4.78, 5) is 18.8. The molecular formula is C20H21N3O4. The van der Waals surface area contributed by atoms with Gasteiger partial charge in [0.25, 0.3) is 5.91 Å². The van der Waals surface area contributed by atoms with Gasteiger partial charge in [-0.2, -0.15) is 4.98 Å². The summed E-state index contributed by atoms with van der Waals surface area (Å²) in [7, 11) is 4.68. The van der Waals surface area contributed by atoms with Crippen LogP contribution in [0.5, 0.6) is 11.5 Å². The summed E-state index contributed by atoms with van der Waals surface area (Å²) in [5.74, 6) is 1.45. The molecule has 0 saturated heterocycles. The van der Waals surface area contributed by atoms with Crippen LogP contribution in [0.15, 0.2) is 47.0 Å². The molecule has 140 valence electrons. The number of hydrogen-bond acceptors (Lipinski definition) is 6. The number of carbonyl (C=O) groups is 1. The lowest BCUT2D eigenvalue weighted by Gasteiger charge is -2.18. The first-order valence-corrected chi connectivity index (χ1v) is 8.39. The van der Waals surface area contributed by atoms with E-state index >= 15 is 0 Å². The Morgan fingerprint density at radius 2 is 1.78 bits per heavy atom. The van der Waals surface area contributed by atoms with E-state index in [9.17, 15) is 4.79 Å². The molecule has 1 aromatic heterocycles. The molecule has 0 fully saturated rings. The SMILES string of the molecule is COc1cccc(OC)c1C(=O)N(C)Cc1nc(-c2cccc(C)c2)no1. The molecule has 0 atom stereocenters. The molecule has 0 aliphatic rings. The zero-order valence-corrected chi connectivity index (χ0v) is 15.7. The molecule has 1 heterocycles. The van der Waals surface area contributed by atoms with Gasteiger partial charge in [0, 0.05) is 12.6 Å². The standard InChI is InChI=1S/C20H21N3O4/c1-13-7-5-8-14(11-13)19-21-17(27-22-19)12-23(2)20(24)18-15(25-3)9-6-10-16(18)26-4/h5-11H,12H2,1-4H3. The topological polar surface area (TPSA) is 77.7 Å². The monoisotopic (exact) mass is 367 g/mol. The molecule has 0 spiro atoms. The first kappa shape index (κ1) is 18.4. The summed E-state index contributed by atoms with van der Waals surface area (Å²) in [5, 5.41) is 4.01. The summed E-state index contributed by atoms with van der Waals surface area (Å²) in [6.45, 7) is 2.16. The Balaban J connectivity index is 1.80. The number of amides is 1. The minimum absolute atomic E-state index is 0.166. The molecule has 27 heavy (non-hydrogen) atoms. The minimum Gasteiger partial charge on any atom is -0.496 e. The van der Waals surface area contributed by atoms with Crippen LogP contribution in [-0.2, 0) is 6.54 Å². The lowest BCUT2D eigenvalue weighted by molar-refractivity contribution is 0.0762. The molecule has 0 bridgehead atoms. The smallest absolute Gasteiger partial charge is 0.261 e. The number of carbonyl (C=O) groups excluding carboxylic acids is 1. The number of methoxy groups -OCH3 is 2. The molecule has 7 nitrogen and oxygen atoms in total. The number of hydrogen-bond donors (Lipinski definition) is 0. The highest BCUT2D eigenvalue weighted by Gasteiger charge is 2.23. The zero-order valence-electron chi connectivity index (χ0n) is 15.7. The van der Waals surface area contributed by atoms with Crippen LogP contribution in [0.2, 0.25) is 0 Å². The molecule has 3 aromatic rings. The molecule has 2 aromatic carbocycles. The summed E-state index contributed by atoms with van der Waals surface area (Å²) in [5.41, 5.74) is 2.32. The van der Waals surface area contributed by atoms with Crippen LogP contribution in [0.1, 0.15) is 21.8 Å². The fourth-order valence-electron chi connectivity index (χ4n) is 2.75. The van der Waals surface area contributed by atoms with Crippen LogP contribution in [0.25, 0.3) is 11.4 Å². The maximum absolute atomic E-state index is 12.9. The van der Waals surface area contributed by atoms with Gasteiger partial charge in [0.2, 0.25) is 11.7 Å². The van der Waals surface area contributed by atoms with E-state index in [2.05, 4.69) is 10.1 Å². The summed E-state index contributed by atoms with van der Waals surface area (Å²) in [6, 6.07) is 13.0. The van der Waals surface area contributed by atoms with Crippen molar-refractivity contribution in [2.24, 2.45) is 0 Å². The van der Waals surface area contributed by atoms with Crippen LogP contribution in [0.3, 0.4) is 0 Å². The van der Waals surface area contributed by atoms with Gasteiger partial charge >= 0.3 is 0 Å². The van der Waals surface area contributed by atoms with E-state index in [1.807, 2.05) is 31.2 Å². The maximum Gasteiger partial charge on any atom is 0.261 e. The van der Waals surface area contributed by atoms with E-state index in [4.69, 9.17) is 14.0 Å². The number of aromatic nitrogens is 2. The van der Waals surface area contributed by atoms with E-state index in [0.29, 0.717) is 28.8 Å². The Kier molecular flexibility index (Phi) is 5.40. The van der Waals surface area contributed by atoms with Crippen molar-refractivity contribution in [2.45, 2.75) is 13.5 Å². The Labute approximate surface area is 157 Å². The predicted octanol–water partition coefficient (Wildman–Crippen LogP) is 3.33. The molecule has 0 radical (unpaired) electrons. The molecule has 0 saturated carbocycles. The second-order valence-electron chi connectivity index (χ2n) is 6.08. The Morgan fingerprint density at radius 1 is 1.11 bits per heavy atom. The molecule has 0 N–H and O–H groups in total. The van der Waals surface area contributed by atoms with Gasteiger partial charge in [-0.15, -0.1) is 0 Å². The number of aryl methyl sites for hydroxylation is 1. The zero-order chi connectivity index (χ0) is 19.4. The Bertz CT molecular complexity index is 930. The average molecular weight is 367 g/mol.